The number of rotatable bonds is 4. The second-order valence-corrected chi connectivity index (χ2v) is 6.14. The van der Waals surface area contributed by atoms with E-state index in [1.54, 1.807) is 12.1 Å². The van der Waals surface area contributed by atoms with Gasteiger partial charge in [-0.05, 0) is 18.9 Å². The summed E-state index contributed by atoms with van der Waals surface area (Å²) in [4.78, 5) is 15.5. The molecule has 0 saturated carbocycles. The molecule has 0 spiro atoms. The Labute approximate surface area is 152 Å². The van der Waals surface area contributed by atoms with E-state index in [0.29, 0.717) is 11.8 Å². The van der Waals surface area contributed by atoms with Crippen LogP contribution in [0.4, 0.5) is 11.4 Å². The molecule has 2 aliphatic heterocycles. The molecule has 1 aromatic rings. The molecule has 7 nitrogen and oxygen atoms in total. The Morgan fingerprint density at radius 1 is 1.29 bits per heavy atom. The van der Waals surface area contributed by atoms with Crippen molar-refractivity contribution in [3.05, 3.63) is 28.3 Å². The normalized spacial score (nSPS) is 21.9. The predicted octanol–water partition coefficient (Wildman–Crippen LogP) is 2.06. The van der Waals surface area contributed by atoms with Crippen LogP contribution in [0.2, 0.25) is 0 Å². The molecule has 0 radical (unpaired) electrons. The van der Waals surface area contributed by atoms with Gasteiger partial charge in [0.2, 0.25) is 0 Å². The fourth-order valence-corrected chi connectivity index (χ4v) is 3.55. The molecule has 1 atom stereocenters. The van der Waals surface area contributed by atoms with Gasteiger partial charge in [0.25, 0.3) is 0 Å². The van der Waals surface area contributed by atoms with E-state index in [4.69, 9.17) is 4.74 Å². The van der Waals surface area contributed by atoms with Crippen LogP contribution in [0.5, 0.6) is 5.75 Å². The maximum Gasteiger partial charge on any atom is 0.311 e. The number of methoxy groups -OCH3 is 1. The Morgan fingerprint density at radius 3 is 2.71 bits per heavy atom. The summed E-state index contributed by atoms with van der Waals surface area (Å²) < 4.78 is 5.19. The number of halogens is 1. The highest BCUT2D eigenvalue weighted by atomic mass is 79.9. The first kappa shape index (κ1) is 19.0. The highest BCUT2D eigenvalue weighted by molar-refractivity contribution is 8.93. The summed E-state index contributed by atoms with van der Waals surface area (Å²) >= 11 is 0. The number of nitrogens with zero attached hydrogens (tertiary/aromatic N) is 3. The standard InChI is InChI=1S/C16H24N4O3.BrH/c1-23-16-11-13(4-5-15(16)20(21)22)19-8-2-3-14(12-19)18-9-6-17-7-10-18;/h4-5,11,14,17H,2-3,6-10,12H2,1H3;1H. The van der Waals surface area contributed by atoms with Crippen LogP contribution in [0.25, 0.3) is 0 Å². The topological polar surface area (TPSA) is 70.9 Å². The number of nitro benzene ring substituents is 1. The summed E-state index contributed by atoms with van der Waals surface area (Å²) in [6, 6.07) is 5.73. The van der Waals surface area contributed by atoms with E-state index < -0.39 is 4.92 Å². The van der Waals surface area contributed by atoms with Crippen LogP contribution in [0.1, 0.15) is 12.8 Å². The first-order valence-corrected chi connectivity index (χ1v) is 8.21. The first-order valence-electron chi connectivity index (χ1n) is 8.21. The van der Waals surface area contributed by atoms with Gasteiger partial charge in [-0.15, -0.1) is 17.0 Å². The van der Waals surface area contributed by atoms with E-state index in [2.05, 4.69) is 15.1 Å². The average Bonchev–Trinajstić information content (AvgIpc) is 2.62. The molecule has 0 aliphatic carbocycles. The maximum absolute atomic E-state index is 11.0. The molecular formula is C16H25BrN4O3. The van der Waals surface area contributed by atoms with E-state index in [0.717, 1.165) is 51.4 Å². The minimum Gasteiger partial charge on any atom is -0.490 e. The van der Waals surface area contributed by atoms with E-state index in [-0.39, 0.29) is 22.7 Å². The van der Waals surface area contributed by atoms with Crippen LogP contribution in [0, 0.1) is 10.1 Å². The molecule has 2 heterocycles. The van der Waals surface area contributed by atoms with Gasteiger partial charge in [0, 0.05) is 63.1 Å². The maximum atomic E-state index is 11.0. The zero-order valence-corrected chi connectivity index (χ0v) is 15.7. The van der Waals surface area contributed by atoms with Gasteiger partial charge in [0.05, 0.1) is 12.0 Å². The molecule has 2 fully saturated rings. The molecule has 134 valence electrons. The summed E-state index contributed by atoms with van der Waals surface area (Å²) in [5.74, 6) is 0.330. The van der Waals surface area contributed by atoms with Gasteiger partial charge in [0.1, 0.15) is 0 Å². The van der Waals surface area contributed by atoms with Crippen LogP contribution in [-0.4, -0.2) is 62.2 Å². The second-order valence-electron chi connectivity index (χ2n) is 6.14. The van der Waals surface area contributed by atoms with Crippen LogP contribution in [0.3, 0.4) is 0 Å². The Morgan fingerprint density at radius 2 is 2.04 bits per heavy atom. The van der Waals surface area contributed by atoms with Crippen molar-refractivity contribution in [3.8, 4) is 5.75 Å². The smallest absolute Gasteiger partial charge is 0.311 e. The highest BCUT2D eigenvalue weighted by Gasteiger charge is 2.27. The number of hydrogen-bond acceptors (Lipinski definition) is 6. The molecule has 1 N–H and O–H groups in total. The number of ether oxygens (including phenoxy) is 1. The lowest BCUT2D eigenvalue weighted by atomic mass is 10.0. The minimum atomic E-state index is -0.400. The lowest BCUT2D eigenvalue weighted by Crippen LogP contribution is -2.54. The first-order chi connectivity index (χ1) is 11.2. The molecule has 2 saturated heterocycles. The van der Waals surface area contributed by atoms with Crippen molar-refractivity contribution < 1.29 is 9.66 Å². The van der Waals surface area contributed by atoms with Crippen molar-refractivity contribution in [1.29, 1.82) is 0 Å². The van der Waals surface area contributed by atoms with Crippen LogP contribution in [0.15, 0.2) is 18.2 Å². The molecule has 1 aromatic carbocycles. The van der Waals surface area contributed by atoms with Gasteiger partial charge in [0.15, 0.2) is 5.75 Å². The molecule has 3 rings (SSSR count). The lowest BCUT2D eigenvalue weighted by Gasteiger charge is -2.42. The monoisotopic (exact) mass is 400 g/mol. The highest BCUT2D eigenvalue weighted by Crippen LogP contribution is 2.32. The number of nitrogens with one attached hydrogen (secondary N) is 1. The number of anilines is 1. The fraction of sp³-hybridized carbons (Fsp3) is 0.625. The lowest BCUT2D eigenvalue weighted by molar-refractivity contribution is -0.385. The Kier molecular flexibility index (Phi) is 6.82. The average molecular weight is 401 g/mol. The Bertz CT molecular complexity index is 566. The zero-order valence-electron chi connectivity index (χ0n) is 13.9. The number of piperazine rings is 1. The van der Waals surface area contributed by atoms with E-state index >= 15 is 0 Å². The van der Waals surface area contributed by atoms with Crippen LogP contribution >= 0.6 is 17.0 Å². The molecular weight excluding hydrogens is 376 g/mol. The summed E-state index contributed by atoms with van der Waals surface area (Å²) in [5, 5.41) is 14.4. The van der Waals surface area contributed by atoms with Gasteiger partial charge in [-0.25, -0.2) is 0 Å². The van der Waals surface area contributed by atoms with Crippen LogP contribution in [-0.2, 0) is 0 Å². The summed E-state index contributed by atoms with van der Waals surface area (Å²) in [5.41, 5.74) is 1.03. The summed E-state index contributed by atoms with van der Waals surface area (Å²) in [6.07, 6.45) is 2.37. The molecule has 0 amide bonds. The minimum absolute atomic E-state index is 0. The molecule has 2 aliphatic rings. The predicted molar refractivity (Wildman–Crippen MR) is 99.6 cm³/mol. The fourth-order valence-electron chi connectivity index (χ4n) is 3.55. The molecule has 8 heteroatoms. The van der Waals surface area contributed by atoms with Gasteiger partial charge in [-0.3, -0.25) is 15.0 Å². The summed E-state index contributed by atoms with van der Waals surface area (Å²) in [6.45, 7) is 6.28. The second kappa shape index (κ2) is 8.64. The van der Waals surface area contributed by atoms with Crippen molar-refractivity contribution in [2.75, 3.05) is 51.3 Å². The van der Waals surface area contributed by atoms with Crippen molar-refractivity contribution in [3.63, 3.8) is 0 Å². The van der Waals surface area contributed by atoms with Gasteiger partial charge >= 0.3 is 5.69 Å². The van der Waals surface area contributed by atoms with E-state index in [1.165, 1.54) is 13.5 Å². The van der Waals surface area contributed by atoms with Crippen LogP contribution < -0.4 is 15.0 Å². The third-order valence-electron chi connectivity index (χ3n) is 4.79. The quantitative estimate of drug-likeness (QED) is 0.615. The van der Waals surface area contributed by atoms with Gasteiger partial charge in [-0.2, -0.15) is 0 Å². The Hall–Kier alpha value is -1.38. The number of nitro groups is 1. The zero-order chi connectivity index (χ0) is 16.2. The third-order valence-corrected chi connectivity index (χ3v) is 4.79. The van der Waals surface area contributed by atoms with E-state index in [9.17, 15) is 10.1 Å². The van der Waals surface area contributed by atoms with Crippen molar-refractivity contribution in [2.45, 2.75) is 18.9 Å². The number of hydrogen-bond donors (Lipinski definition) is 1. The Balaban J connectivity index is 0.00000208. The van der Waals surface area contributed by atoms with Crippen molar-refractivity contribution >= 4 is 28.4 Å². The van der Waals surface area contributed by atoms with E-state index in [1.807, 2.05) is 6.07 Å². The molecule has 24 heavy (non-hydrogen) atoms. The third kappa shape index (κ3) is 4.17. The SMILES string of the molecule is Br.COc1cc(N2CCCC(N3CCNCC3)C2)ccc1[N+](=O)[O-]. The molecule has 0 aromatic heterocycles. The van der Waals surface area contributed by atoms with Gasteiger partial charge < -0.3 is 15.0 Å². The largest absolute Gasteiger partial charge is 0.490 e. The molecule has 1 unspecified atom stereocenters. The summed E-state index contributed by atoms with van der Waals surface area (Å²) in [7, 11) is 1.48. The van der Waals surface area contributed by atoms with Crippen molar-refractivity contribution in [1.82, 2.24) is 10.2 Å². The number of benzene rings is 1. The number of piperidine rings is 1. The van der Waals surface area contributed by atoms with Crippen molar-refractivity contribution in [2.24, 2.45) is 0 Å². The molecule has 0 bridgehead atoms. The van der Waals surface area contributed by atoms with Gasteiger partial charge in [-0.1, -0.05) is 0 Å².